The Morgan fingerprint density at radius 3 is 2.50 bits per heavy atom. The van der Waals surface area contributed by atoms with Crippen molar-refractivity contribution in [3.05, 3.63) is 95.8 Å². The fourth-order valence-corrected chi connectivity index (χ4v) is 4.63. The van der Waals surface area contributed by atoms with E-state index >= 15 is 0 Å². The summed E-state index contributed by atoms with van der Waals surface area (Å²) in [5, 5.41) is -0.781. The zero-order valence-electron chi connectivity index (χ0n) is 16.7. The molecule has 0 aliphatic heterocycles. The van der Waals surface area contributed by atoms with Crippen LogP contribution >= 0.6 is 0 Å². The van der Waals surface area contributed by atoms with Gasteiger partial charge in [0.1, 0.15) is 17.6 Å². The summed E-state index contributed by atoms with van der Waals surface area (Å²) < 4.78 is 33.4. The van der Waals surface area contributed by atoms with Crippen molar-refractivity contribution in [3.63, 3.8) is 0 Å². The molecule has 1 unspecified atom stereocenters. The lowest BCUT2D eigenvalue weighted by atomic mass is 10.1. The first-order valence-electron chi connectivity index (χ1n) is 9.68. The molecule has 0 spiro atoms. The van der Waals surface area contributed by atoms with Crippen LogP contribution in [0.3, 0.4) is 0 Å². The molecule has 0 bridgehead atoms. The molecule has 0 aliphatic carbocycles. The molecule has 1 atom stereocenters. The van der Waals surface area contributed by atoms with Crippen LogP contribution in [0, 0.1) is 0 Å². The van der Waals surface area contributed by atoms with Gasteiger partial charge >= 0.3 is 0 Å². The lowest BCUT2D eigenvalue weighted by molar-refractivity contribution is -0.118. The number of rotatable bonds is 9. The molecule has 1 heterocycles. The smallest absolute Gasteiger partial charge is 0.241 e. The minimum Gasteiger partial charge on any atom is -0.489 e. The molecule has 0 saturated carbocycles. The van der Waals surface area contributed by atoms with Crippen molar-refractivity contribution < 1.29 is 17.9 Å². The summed E-state index contributed by atoms with van der Waals surface area (Å²) in [7, 11) is -3.84. The standard InChI is InChI=1S/C23H24N2O4S/c1-2-22(20-10-4-3-5-11-20)30(27,28)25-23(26)15-18-8-6-12-21(14-18)29-17-19-9-7-13-24-16-19/h3-14,16,22H,2,15,17H2,1H3,(H,25,26). The van der Waals surface area contributed by atoms with Crippen molar-refractivity contribution in [2.24, 2.45) is 0 Å². The van der Waals surface area contributed by atoms with Gasteiger partial charge in [-0.15, -0.1) is 0 Å². The molecule has 30 heavy (non-hydrogen) atoms. The quantitative estimate of drug-likeness (QED) is 0.565. The van der Waals surface area contributed by atoms with Crippen molar-refractivity contribution >= 4 is 15.9 Å². The lowest BCUT2D eigenvalue weighted by Gasteiger charge is -2.17. The zero-order valence-corrected chi connectivity index (χ0v) is 17.5. The first kappa shape index (κ1) is 21.5. The van der Waals surface area contributed by atoms with E-state index in [0.29, 0.717) is 29.9 Å². The van der Waals surface area contributed by atoms with Crippen LogP contribution in [0.25, 0.3) is 0 Å². The molecule has 0 saturated heterocycles. The van der Waals surface area contributed by atoms with Crippen molar-refractivity contribution in [1.29, 1.82) is 0 Å². The molecule has 0 radical (unpaired) electrons. The Balaban J connectivity index is 1.62. The van der Waals surface area contributed by atoms with E-state index in [0.717, 1.165) is 5.56 Å². The molecular formula is C23H24N2O4S. The van der Waals surface area contributed by atoms with Gasteiger partial charge in [-0.3, -0.25) is 14.5 Å². The van der Waals surface area contributed by atoms with Gasteiger partial charge in [0, 0.05) is 18.0 Å². The summed E-state index contributed by atoms with van der Waals surface area (Å²) in [6.45, 7) is 2.14. The highest BCUT2D eigenvalue weighted by Crippen LogP contribution is 2.25. The van der Waals surface area contributed by atoms with Gasteiger partial charge in [0.25, 0.3) is 0 Å². The highest BCUT2D eigenvalue weighted by molar-refractivity contribution is 7.90. The van der Waals surface area contributed by atoms with Gasteiger partial charge in [-0.2, -0.15) is 0 Å². The SMILES string of the molecule is CCC(c1ccccc1)S(=O)(=O)NC(=O)Cc1cccc(OCc2cccnc2)c1. The van der Waals surface area contributed by atoms with Gasteiger partial charge in [-0.25, -0.2) is 8.42 Å². The minimum absolute atomic E-state index is 0.0610. The summed E-state index contributed by atoms with van der Waals surface area (Å²) in [4.78, 5) is 16.5. The molecule has 0 aliphatic rings. The van der Waals surface area contributed by atoms with Gasteiger partial charge in [-0.1, -0.05) is 55.5 Å². The van der Waals surface area contributed by atoms with E-state index in [9.17, 15) is 13.2 Å². The molecular weight excluding hydrogens is 400 g/mol. The number of carbonyl (C=O) groups excluding carboxylic acids is 1. The first-order valence-corrected chi connectivity index (χ1v) is 11.2. The van der Waals surface area contributed by atoms with Gasteiger partial charge in [0.2, 0.25) is 15.9 Å². The largest absolute Gasteiger partial charge is 0.489 e. The summed E-state index contributed by atoms with van der Waals surface area (Å²) >= 11 is 0. The number of pyridine rings is 1. The highest BCUT2D eigenvalue weighted by atomic mass is 32.2. The molecule has 7 heteroatoms. The normalized spacial score (nSPS) is 12.2. The average molecular weight is 425 g/mol. The molecule has 2 aromatic carbocycles. The van der Waals surface area contributed by atoms with Crippen LogP contribution in [-0.2, 0) is 27.8 Å². The second kappa shape index (κ2) is 10.0. The van der Waals surface area contributed by atoms with Crippen molar-refractivity contribution in [3.8, 4) is 5.75 Å². The summed E-state index contributed by atoms with van der Waals surface area (Å²) in [6, 6.07) is 19.7. The maximum Gasteiger partial charge on any atom is 0.241 e. The molecule has 3 rings (SSSR count). The van der Waals surface area contributed by atoms with Crippen molar-refractivity contribution in [2.75, 3.05) is 0 Å². The van der Waals surface area contributed by atoms with Crippen LogP contribution in [0.1, 0.15) is 35.3 Å². The highest BCUT2D eigenvalue weighted by Gasteiger charge is 2.27. The van der Waals surface area contributed by atoms with Gasteiger partial charge < -0.3 is 4.74 Å². The van der Waals surface area contributed by atoms with Crippen LogP contribution in [0.4, 0.5) is 0 Å². The third-order valence-corrected chi connectivity index (χ3v) is 6.43. The maximum atomic E-state index is 12.7. The number of nitrogens with one attached hydrogen (secondary N) is 1. The first-order chi connectivity index (χ1) is 14.5. The summed E-state index contributed by atoms with van der Waals surface area (Å²) in [6.07, 6.45) is 3.72. The van der Waals surface area contributed by atoms with E-state index in [-0.39, 0.29) is 6.42 Å². The van der Waals surface area contributed by atoms with Crippen LogP contribution in [0.2, 0.25) is 0 Å². The monoisotopic (exact) mass is 424 g/mol. The number of hydrogen-bond donors (Lipinski definition) is 1. The van der Waals surface area contributed by atoms with E-state index in [4.69, 9.17) is 4.74 Å². The molecule has 6 nitrogen and oxygen atoms in total. The fourth-order valence-electron chi connectivity index (χ4n) is 3.15. The zero-order chi connectivity index (χ0) is 21.4. The number of benzene rings is 2. The summed E-state index contributed by atoms with van der Waals surface area (Å²) in [5.74, 6) is 0.0246. The number of sulfonamides is 1. The number of aromatic nitrogens is 1. The fraction of sp³-hybridized carbons (Fsp3) is 0.217. The van der Waals surface area contributed by atoms with E-state index in [2.05, 4.69) is 9.71 Å². The predicted octanol–water partition coefficient (Wildman–Crippen LogP) is 3.80. The Morgan fingerprint density at radius 2 is 1.80 bits per heavy atom. The number of carbonyl (C=O) groups is 1. The van der Waals surface area contributed by atoms with Gasteiger partial charge in [-0.05, 0) is 35.7 Å². The van der Waals surface area contributed by atoms with Crippen molar-refractivity contribution in [1.82, 2.24) is 9.71 Å². The number of amides is 1. The Hall–Kier alpha value is -3.19. The van der Waals surface area contributed by atoms with E-state index in [1.807, 2.05) is 18.2 Å². The number of hydrogen-bond acceptors (Lipinski definition) is 5. The Labute approximate surface area is 177 Å². The minimum atomic E-state index is -3.84. The van der Waals surface area contributed by atoms with Gasteiger partial charge in [0.05, 0.1) is 6.42 Å². The molecule has 3 aromatic rings. The number of nitrogens with zero attached hydrogens (tertiary/aromatic N) is 1. The van der Waals surface area contributed by atoms with Crippen LogP contribution in [0.5, 0.6) is 5.75 Å². The second-order valence-corrected chi connectivity index (χ2v) is 8.72. The molecule has 156 valence electrons. The molecule has 1 amide bonds. The molecule has 1 aromatic heterocycles. The van der Waals surface area contributed by atoms with Crippen LogP contribution in [0.15, 0.2) is 79.1 Å². The molecule has 0 fully saturated rings. The third kappa shape index (κ3) is 5.90. The number of ether oxygens (including phenoxy) is 1. The Kier molecular flexibility index (Phi) is 7.19. The molecule has 1 N–H and O–H groups in total. The van der Waals surface area contributed by atoms with Gasteiger partial charge in [0.15, 0.2) is 0 Å². The Bertz CT molecular complexity index is 1070. The average Bonchev–Trinajstić information content (AvgIpc) is 2.74. The maximum absolute atomic E-state index is 12.7. The van der Waals surface area contributed by atoms with Crippen LogP contribution in [-0.4, -0.2) is 19.3 Å². The van der Waals surface area contributed by atoms with E-state index in [1.165, 1.54) is 0 Å². The topological polar surface area (TPSA) is 85.4 Å². The second-order valence-electron chi connectivity index (χ2n) is 6.85. The van der Waals surface area contributed by atoms with E-state index < -0.39 is 21.2 Å². The predicted molar refractivity (Wildman–Crippen MR) is 115 cm³/mol. The summed E-state index contributed by atoms with van der Waals surface area (Å²) in [5.41, 5.74) is 2.25. The van der Waals surface area contributed by atoms with Crippen LogP contribution < -0.4 is 9.46 Å². The lowest BCUT2D eigenvalue weighted by Crippen LogP contribution is -2.35. The van der Waals surface area contributed by atoms with E-state index in [1.54, 1.807) is 67.8 Å². The third-order valence-electron chi connectivity index (χ3n) is 4.56. The Morgan fingerprint density at radius 1 is 1.03 bits per heavy atom. The van der Waals surface area contributed by atoms with Crippen molar-refractivity contribution in [2.45, 2.75) is 31.6 Å².